The fourth-order valence-electron chi connectivity index (χ4n) is 4.57. The van der Waals surface area contributed by atoms with Crippen molar-refractivity contribution >= 4 is 17.9 Å². The molecule has 0 bridgehead atoms. The minimum atomic E-state index is -0.934. The van der Waals surface area contributed by atoms with E-state index in [0.29, 0.717) is 23.9 Å². The second-order valence-electron chi connectivity index (χ2n) is 11.4. The van der Waals surface area contributed by atoms with Gasteiger partial charge in [0.05, 0.1) is 27.6 Å². The topological polar surface area (TPSA) is 101 Å². The highest BCUT2D eigenvalue weighted by molar-refractivity contribution is 5.71. The predicted octanol–water partition coefficient (Wildman–Crippen LogP) is 6.97. The van der Waals surface area contributed by atoms with E-state index >= 15 is 0 Å². The zero-order chi connectivity index (χ0) is 27.1. The maximum absolute atomic E-state index is 12.1. The average Bonchev–Trinajstić information content (AvgIpc) is 2.75. The molecule has 7 nitrogen and oxygen atoms in total. The van der Waals surface area contributed by atoms with Crippen molar-refractivity contribution in [2.75, 3.05) is 27.7 Å². The SMILES string of the molecule is C[N+](C)(C)C[C@@H](CC(=O)O)OC(=O)CCCCCCCCCCCCCCCCCCCCC(=O)O. The molecule has 0 aliphatic heterocycles. The molecule has 0 rings (SSSR count). The quantitative estimate of drug-likeness (QED) is 0.0734. The van der Waals surface area contributed by atoms with Crippen LogP contribution in [0.1, 0.15) is 135 Å². The van der Waals surface area contributed by atoms with Gasteiger partial charge in [-0.2, -0.15) is 0 Å². The van der Waals surface area contributed by atoms with E-state index in [0.717, 1.165) is 32.1 Å². The van der Waals surface area contributed by atoms with E-state index in [1.165, 1.54) is 83.5 Å². The number of esters is 1. The van der Waals surface area contributed by atoms with E-state index in [2.05, 4.69) is 0 Å². The fraction of sp³-hybridized carbons (Fsp3) is 0.897. The van der Waals surface area contributed by atoms with Crippen LogP contribution in [0.2, 0.25) is 0 Å². The van der Waals surface area contributed by atoms with Gasteiger partial charge in [-0.3, -0.25) is 14.4 Å². The number of carboxylic acid groups (broad SMARTS) is 2. The standard InChI is InChI=1S/C29H55NO6/c1-30(2,3)25-26(24-28(33)34)36-29(35)23-21-19-17-15-13-11-9-7-5-4-6-8-10-12-14-16-18-20-22-27(31)32/h26H,4-25H2,1-3H3,(H-,31,32,33,34)/p+1/t26-/m1/s1. The molecule has 0 aromatic heterocycles. The molecule has 212 valence electrons. The molecule has 0 fully saturated rings. The van der Waals surface area contributed by atoms with Crippen LogP contribution >= 0.6 is 0 Å². The molecular formula is C29H56NO6+. The molecular weight excluding hydrogens is 458 g/mol. The number of nitrogens with zero attached hydrogens (tertiary/aromatic N) is 1. The van der Waals surface area contributed by atoms with Crippen LogP contribution in [0.5, 0.6) is 0 Å². The normalized spacial score (nSPS) is 12.4. The molecule has 0 saturated carbocycles. The lowest BCUT2D eigenvalue weighted by Gasteiger charge is -2.28. The Bertz CT molecular complexity index is 573. The number of hydrogen-bond donors (Lipinski definition) is 2. The Morgan fingerprint density at radius 3 is 1.19 bits per heavy atom. The summed E-state index contributed by atoms with van der Waals surface area (Å²) in [5.41, 5.74) is 0. The monoisotopic (exact) mass is 514 g/mol. The summed E-state index contributed by atoms with van der Waals surface area (Å²) in [5, 5.41) is 17.6. The van der Waals surface area contributed by atoms with E-state index in [-0.39, 0.29) is 12.4 Å². The van der Waals surface area contributed by atoms with Gasteiger partial charge in [0.25, 0.3) is 0 Å². The predicted molar refractivity (Wildman–Crippen MR) is 145 cm³/mol. The van der Waals surface area contributed by atoms with E-state index < -0.39 is 18.0 Å². The van der Waals surface area contributed by atoms with Crippen molar-refractivity contribution in [1.82, 2.24) is 0 Å². The van der Waals surface area contributed by atoms with E-state index in [1.54, 1.807) is 0 Å². The molecule has 0 aromatic carbocycles. The molecule has 2 N–H and O–H groups in total. The summed E-state index contributed by atoms with van der Waals surface area (Å²) in [7, 11) is 5.89. The summed E-state index contributed by atoms with van der Waals surface area (Å²) in [4.78, 5) is 33.6. The van der Waals surface area contributed by atoms with Crippen LogP contribution in [0, 0.1) is 0 Å². The van der Waals surface area contributed by atoms with Gasteiger partial charge in [0.2, 0.25) is 0 Å². The highest BCUT2D eigenvalue weighted by Gasteiger charge is 2.24. The Morgan fingerprint density at radius 2 is 0.889 bits per heavy atom. The first-order chi connectivity index (χ1) is 17.1. The number of carbonyl (C=O) groups excluding carboxylic acids is 1. The van der Waals surface area contributed by atoms with E-state index in [1.807, 2.05) is 21.1 Å². The largest absolute Gasteiger partial charge is 0.481 e. The zero-order valence-corrected chi connectivity index (χ0v) is 23.6. The highest BCUT2D eigenvalue weighted by atomic mass is 16.5. The first kappa shape index (κ1) is 34.4. The number of aliphatic carboxylic acids is 2. The molecule has 0 heterocycles. The maximum Gasteiger partial charge on any atom is 0.307 e. The number of quaternary nitrogens is 1. The molecule has 0 radical (unpaired) electrons. The van der Waals surface area contributed by atoms with Crippen LogP contribution in [-0.4, -0.2) is 66.4 Å². The smallest absolute Gasteiger partial charge is 0.307 e. The second-order valence-corrected chi connectivity index (χ2v) is 11.4. The molecule has 7 heteroatoms. The minimum Gasteiger partial charge on any atom is -0.481 e. The number of ether oxygens (including phenoxy) is 1. The average molecular weight is 515 g/mol. The fourth-order valence-corrected chi connectivity index (χ4v) is 4.57. The lowest BCUT2D eigenvalue weighted by Crippen LogP contribution is -2.43. The molecule has 0 aliphatic carbocycles. The van der Waals surface area contributed by atoms with Gasteiger partial charge in [0, 0.05) is 12.8 Å². The summed E-state index contributed by atoms with van der Waals surface area (Å²) in [5.74, 6) is -1.89. The summed E-state index contributed by atoms with van der Waals surface area (Å²) in [6.45, 7) is 0.497. The maximum atomic E-state index is 12.1. The van der Waals surface area contributed by atoms with Crippen LogP contribution in [0.25, 0.3) is 0 Å². The van der Waals surface area contributed by atoms with Gasteiger partial charge in [-0.1, -0.05) is 103 Å². The second kappa shape index (κ2) is 22.6. The molecule has 0 unspecified atom stereocenters. The van der Waals surface area contributed by atoms with Crippen molar-refractivity contribution in [3.05, 3.63) is 0 Å². The summed E-state index contributed by atoms with van der Waals surface area (Å²) < 4.78 is 5.99. The van der Waals surface area contributed by atoms with Crippen molar-refractivity contribution in [2.45, 2.75) is 141 Å². The van der Waals surface area contributed by atoms with Crippen LogP contribution in [0.3, 0.4) is 0 Å². The molecule has 0 spiro atoms. The summed E-state index contributed by atoms with van der Waals surface area (Å²) >= 11 is 0. The molecule has 0 aromatic rings. The number of unbranched alkanes of at least 4 members (excludes halogenated alkanes) is 17. The van der Waals surface area contributed by atoms with Crippen molar-refractivity contribution in [2.24, 2.45) is 0 Å². The van der Waals surface area contributed by atoms with Gasteiger partial charge in [-0.05, 0) is 12.8 Å². The lowest BCUT2D eigenvalue weighted by molar-refractivity contribution is -0.873. The van der Waals surface area contributed by atoms with Crippen LogP contribution < -0.4 is 0 Å². The van der Waals surface area contributed by atoms with E-state index in [9.17, 15) is 14.4 Å². The van der Waals surface area contributed by atoms with Crippen molar-refractivity contribution in [3.63, 3.8) is 0 Å². The van der Waals surface area contributed by atoms with Gasteiger partial charge in [-0.25, -0.2) is 0 Å². The van der Waals surface area contributed by atoms with Gasteiger partial charge < -0.3 is 19.4 Å². The third kappa shape index (κ3) is 27.0. The zero-order valence-electron chi connectivity index (χ0n) is 23.6. The molecule has 1 atom stereocenters. The molecule has 36 heavy (non-hydrogen) atoms. The lowest BCUT2D eigenvalue weighted by atomic mass is 10.0. The molecule has 0 aliphatic rings. The molecule has 0 amide bonds. The van der Waals surface area contributed by atoms with Crippen LogP contribution in [-0.2, 0) is 19.1 Å². The van der Waals surface area contributed by atoms with Gasteiger partial charge in [0.15, 0.2) is 6.10 Å². The number of rotatable bonds is 26. The number of likely N-dealkylation sites (N-methyl/N-ethyl adjacent to an activating group) is 1. The molecule has 0 saturated heterocycles. The number of hydrogen-bond acceptors (Lipinski definition) is 4. The van der Waals surface area contributed by atoms with E-state index in [4.69, 9.17) is 14.9 Å². The third-order valence-electron chi connectivity index (χ3n) is 6.47. The van der Waals surface area contributed by atoms with Gasteiger partial charge in [0.1, 0.15) is 6.54 Å². The van der Waals surface area contributed by atoms with Crippen molar-refractivity contribution in [1.29, 1.82) is 0 Å². The van der Waals surface area contributed by atoms with Crippen LogP contribution in [0.4, 0.5) is 0 Å². The third-order valence-corrected chi connectivity index (χ3v) is 6.47. The van der Waals surface area contributed by atoms with Crippen molar-refractivity contribution < 1.29 is 33.8 Å². The summed E-state index contributed by atoms with van der Waals surface area (Å²) in [6.07, 6.45) is 21.6. The minimum absolute atomic E-state index is 0.139. The number of carboxylic acids is 2. The Kier molecular flexibility index (Phi) is 21.5. The number of carbonyl (C=O) groups is 3. The van der Waals surface area contributed by atoms with Gasteiger partial charge >= 0.3 is 17.9 Å². The van der Waals surface area contributed by atoms with Crippen LogP contribution in [0.15, 0.2) is 0 Å². The summed E-state index contributed by atoms with van der Waals surface area (Å²) in [6, 6.07) is 0. The Morgan fingerprint density at radius 1 is 0.556 bits per heavy atom. The highest BCUT2D eigenvalue weighted by Crippen LogP contribution is 2.15. The first-order valence-electron chi connectivity index (χ1n) is 14.5. The Labute approximate surface area is 220 Å². The first-order valence-corrected chi connectivity index (χ1v) is 14.5. The Balaban J connectivity index is 3.43. The van der Waals surface area contributed by atoms with Crippen molar-refractivity contribution in [3.8, 4) is 0 Å². The Hall–Kier alpha value is -1.63. The van der Waals surface area contributed by atoms with Gasteiger partial charge in [-0.15, -0.1) is 0 Å².